The summed E-state index contributed by atoms with van der Waals surface area (Å²) in [5.74, 6) is -1.25. The second kappa shape index (κ2) is 5.11. The average Bonchev–Trinajstić information content (AvgIpc) is 2.92. The molecule has 0 radical (unpaired) electrons. The summed E-state index contributed by atoms with van der Waals surface area (Å²) in [5, 5.41) is 0.531. The molecule has 22 heavy (non-hydrogen) atoms. The highest BCUT2D eigenvalue weighted by atomic mass is 32.1. The molecule has 1 saturated heterocycles. The summed E-state index contributed by atoms with van der Waals surface area (Å²) in [7, 11) is -0.519. The van der Waals surface area contributed by atoms with Crippen LogP contribution in [-0.2, 0) is 9.31 Å². The van der Waals surface area contributed by atoms with E-state index in [1.165, 1.54) is 23.5 Å². The molecule has 0 unspecified atom stereocenters. The van der Waals surface area contributed by atoms with E-state index in [4.69, 9.17) is 9.31 Å². The first kappa shape index (κ1) is 15.6. The Labute approximate surface area is 132 Å². The van der Waals surface area contributed by atoms with Crippen LogP contribution in [0.1, 0.15) is 27.7 Å². The fourth-order valence-corrected chi connectivity index (χ4v) is 3.03. The summed E-state index contributed by atoms with van der Waals surface area (Å²) in [6, 6.07) is 3.36. The lowest BCUT2D eigenvalue weighted by molar-refractivity contribution is 0.00578. The van der Waals surface area contributed by atoms with Gasteiger partial charge in [-0.2, -0.15) is 0 Å². The zero-order chi connectivity index (χ0) is 16.1. The zero-order valence-corrected chi connectivity index (χ0v) is 13.6. The molecule has 0 atom stereocenters. The van der Waals surface area contributed by atoms with Gasteiger partial charge in [0.25, 0.3) is 0 Å². The number of benzene rings is 1. The third kappa shape index (κ3) is 2.68. The first-order valence-corrected chi connectivity index (χ1v) is 7.77. The fourth-order valence-electron chi connectivity index (χ4n) is 2.17. The Morgan fingerprint density at radius 3 is 2.09 bits per heavy atom. The summed E-state index contributed by atoms with van der Waals surface area (Å²) < 4.78 is 39.3. The second-order valence-electron chi connectivity index (χ2n) is 6.31. The van der Waals surface area contributed by atoms with Crippen molar-refractivity contribution in [3.63, 3.8) is 0 Å². The molecule has 0 spiro atoms. The van der Waals surface area contributed by atoms with E-state index in [0.29, 0.717) is 10.6 Å². The van der Waals surface area contributed by atoms with Gasteiger partial charge in [0.05, 0.1) is 16.0 Å². The molecule has 0 aliphatic carbocycles. The summed E-state index contributed by atoms with van der Waals surface area (Å²) in [4.78, 5) is 4.23. The first-order valence-electron chi connectivity index (χ1n) is 6.96. The summed E-state index contributed by atoms with van der Waals surface area (Å²) in [6.07, 6.45) is 1.63. The van der Waals surface area contributed by atoms with Crippen LogP contribution < -0.4 is 4.78 Å². The number of hydrogen-bond donors (Lipinski definition) is 0. The van der Waals surface area contributed by atoms with Gasteiger partial charge in [0, 0.05) is 17.8 Å². The van der Waals surface area contributed by atoms with E-state index >= 15 is 0 Å². The zero-order valence-electron chi connectivity index (χ0n) is 12.8. The average molecular weight is 323 g/mol. The molecule has 1 aromatic carbocycles. The molecule has 3 rings (SSSR count). The lowest BCUT2D eigenvalue weighted by Gasteiger charge is -2.32. The van der Waals surface area contributed by atoms with Crippen LogP contribution >= 0.6 is 11.3 Å². The summed E-state index contributed by atoms with van der Waals surface area (Å²) in [5.41, 5.74) is -0.468. The lowest BCUT2D eigenvalue weighted by Crippen LogP contribution is -2.41. The molecule has 2 heterocycles. The summed E-state index contributed by atoms with van der Waals surface area (Å²) in [6.45, 7) is 7.88. The van der Waals surface area contributed by atoms with E-state index in [1.807, 2.05) is 27.7 Å². The van der Waals surface area contributed by atoms with Crippen molar-refractivity contribution in [2.24, 2.45) is 0 Å². The van der Waals surface area contributed by atoms with E-state index in [0.717, 1.165) is 10.8 Å². The van der Waals surface area contributed by atoms with Crippen molar-refractivity contribution in [2.75, 3.05) is 0 Å². The van der Waals surface area contributed by atoms with Gasteiger partial charge in [-0.1, -0.05) is 0 Å². The molecular formula is C15H16BF2NO2S. The van der Waals surface area contributed by atoms with Crippen LogP contribution in [0.2, 0.25) is 0 Å². The van der Waals surface area contributed by atoms with E-state index in [2.05, 4.69) is 4.98 Å². The normalized spacial score (nSPS) is 19.6. The Bertz CT molecular complexity index is 681. The smallest absolute Gasteiger partial charge is 0.399 e. The van der Waals surface area contributed by atoms with Gasteiger partial charge in [-0.25, -0.2) is 13.8 Å². The van der Waals surface area contributed by atoms with E-state index in [9.17, 15) is 8.78 Å². The molecule has 1 fully saturated rings. The van der Waals surface area contributed by atoms with Crippen molar-refractivity contribution in [3.05, 3.63) is 36.0 Å². The number of hydrogen-bond acceptors (Lipinski definition) is 4. The third-order valence-electron chi connectivity index (χ3n) is 4.12. The van der Waals surface area contributed by atoms with Crippen LogP contribution in [0.5, 0.6) is 0 Å². The molecule has 1 aliphatic rings. The fraction of sp³-hybridized carbons (Fsp3) is 0.400. The predicted molar refractivity (Wildman–Crippen MR) is 83.2 cm³/mol. The minimum atomic E-state index is -0.623. The third-order valence-corrected chi connectivity index (χ3v) is 5.19. The lowest BCUT2D eigenvalue weighted by atomic mass is 9.89. The Morgan fingerprint density at radius 1 is 1.00 bits per heavy atom. The van der Waals surface area contributed by atoms with Gasteiger partial charge in [-0.3, -0.25) is 0 Å². The topological polar surface area (TPSA) is 31.4 Å². The number of rotatable bonds is 2. The molecular weight excluding hydrogens is 307 g/mol. The van der Waals surface area contributed by atoms with Crippen LogP contribution in [0, 0.1) is 11.6 Å². The molecule has 3 nitrogen and oxygen atoms in total. The maximum atomic E-state index is 13.3. The Kier molecular flexibility index (Phi) is 3.62. The predicted octanol–water partition coefficient (Wildman–Crippen LogP) is 3.39. The highest BCUT2D eigenvalue weighted by molar-refractivity contribution is 7.24. The van der Waals surface area contributed by atoms with Gasteiger partial charge < -0.3 is 9.31 Å². The standard InChI is InChI=1S/C15H16BF2NO2S/c1-14(2)15(3,4)21-16(20-14)12-8-19-13(22-12)9-5-10(17)7-11(18)6-9/h5-8H,1-4H3. The first-order chi connectivity index (χ1) is 10.2. The molecule has 7 heteroatoms. The maximum absolute atomic E-state index is 13.3. The quantitative estimate of drug-likeness (QED) is 0.794. The minimum Gasteiger partial charge on any atom is -0.399 e. The molecule has 0 bridgehead atoms. The van der Waals surface area contributed by atoms with Gasteiger partial charge in [0.1, 0.15) is 16.6 Å². The molecule has 1 aromatic heterocycles. The van der Waals surface area contributed by atoms with Gasteiger partial charge in [-0.05, 0) is 39.8 Å². The van der Waals surface area contributed by atoms with Crippen molar-refractivity contribution < 1.29 is 18.1 Å². The Balaban J connectivity index is 1.89. The molecule has 116 valence electrons. The van der Waals surface area contributed by atoms with Crippen molar-refractivity contribution in [1.29, 1.82) is 0 Å². The molecule has 1 aliphatic heterocycles. The highest BCUT2D eigenvalue weighted by Crippen LogP contribution is 2.37. The van der Waals surface area contributed by atoms with Gasteiger partial charge in [0.2, 0.25) is 0 Å². The molecule has 0 saturated carbocycles. The Morgan fingerprint density at radius 2 is 1.55 bits per heavy atom. The van der Waals surface area contributed by atoms with E-state index in [-0.39, 0.29) is 0 Å². The molecule has 2 aromatic rings. The van der Waals surface area contributed by atoms with Crippen LogP contribution in [0.15, 0.2) is 24.4 Å². The number of halogens is 2. The van der Waals surface area contributed by atoms with Crippen molar-refractivity contribution >= 4 is 23.2 Å². The van der Waals surface area contributed by atoms with Crippen molar-refractivity contribution in [1.82, 2.24) is 4.98 Å². The van der Waals surface area contributed by atoms with Crippen LogP contribution in [0.4, 0.5) is 8.78 Å². The van der Waals surface area contributed by atoms with Crippen LogP contribution in [-0.4, -0.2) is 23.3 Å². The van der Waals surface area contributed by atoms with Crippen LogP contribution in [0.25, 0.3) is 10.6 Å². The molecule has 0 amide bonds. The number of thiazole rings is 1. The van der Waals surface area contributed by atoms with E-state index in [1.54, 1.807) is 6.20 Å². The summed E-state index contributed by atoms with van der Waals surface area (Å²) >= 11 is 1.31. The Hall–Kier alpha value is -1.31. The highest BCUT2D eigenvalue weighted by Gasteiger charge is 2.52. The maximum Gasteiger partial charge on any atom is 0.507 e. The minimum absolute atomic E-state index is 0.408. The van der Waals surface area contributed by atoms with Crippen molar-refractivity contribution in [3.8, 4) is 10.6 Å². The van der Waals surface area contributed by atoms with E-state index < -0.39 is 30.0 Å². The number of nitrogens with zero attached hydrogens (tertiary/aromatic N) is 1. The largest absolute Gasteiger partial charge is 0.507 e. The molecule has 0 N–H and O–H groups in total. The van der Waals surface area contributed by atoms with Gasteiger partial charge in [-0.15, -0.1) is 11.3 Å². The van der Waals surface area contributed by atoms with Crippen molar-refractivity contribution in [2.45, 2.75) is 38.9 Å². The van der Waals surface area contributed by atoms with Gasteiger partial charge >= 0.3 is 7.12 Å². The monoisotopic (exact) mass is 323 g/mol. The van der Waals surface area contributed by atoms with Gasteiger partial charge in [0.15, 0.2) is 0 Å². The SMILES string of the molecule is CC1(C)OB(c2cnc(-c3cc(F)cc(F)c3)s2)OC1(C)C. The number of aromatic nitrogens is 1. The van der Waals surface area contributed by atoms with Crippen LogP contribution in [0.3, 0.4) is 0 Å². The second-order valence-corrected chi connectivity index (χ2v) is 7.38.